The topological polar surface area (TPSA) is 68.9 Å². The summed E-state index contributed by atoms with van der Waals surface area (Å²) in [7, 11) is 0. The first-order chi connectivity index (χ1) is 8.65. The van der Waals surface area contributed by atoms with Crippen LogP contribution in [0.5, 0.6) is 0 Å². The van der Waals surface area contributed by atoms with Crippen molar-refractivity contribution in [2.45, 2.75) is 6.92 Å². The summed E-state index contributed by atoms with van der Waals surface area (Å²) in [5, 5.41) is 0. The molecule has 0 radical (unpaired) electrons. The number of carbonyl (C=O) groups is 2. The number of nitrogens with zero attached hydrogens (tertiary/aromatic N) is 1. The van der Waals surface area contributed by atoms with E-state index in [0.717, 1.165) is 0 Å². The molecule has 2 aliphatic heterocycles. The van der Waals surface area contributed by atoms with Crippen LogP contribution in [0, 0.1) is 5.92 Å². The van der Waals surface area contributed by atoms with Gasteiger partial charge in [-0.05, 0) is 25.1 Å². The van der Waals surface area contributed by atoms with E-state index in [1.807, 2.05) is 0 Å². The van der Waals surface area contributed by atoms with Gasteiger partial charge in [-0.15, -0.1) is 0 Å². The molecule has 5 heteroatoms. The van der Waals surface area contributed by atoms with Gasteiger partial charge in [-0.3, -0.25) is 9.59 Å². The molecule has 1 amide bonds. The van der Waals surface area contributed by atoms with Crippen LogP contribution in [0.3, 0.4) is 0 Å². The Bertz CT molecular complexity index is 619. The van der Waals surface area contributed by atoms with Gasteiger partial charge in [-0.25, -0.2) is 4.99 Å². The lowest BCUT2D eigenvalue weighted by Gasteiger charge is -2.08. The number of rotatable bonds is 1. The number of esters is 1. The molecule has 1 unspecified atom stereocenters. The van der Waals surface area contributed by atoms with Crippen LogP contribution in [0.2, 0.25) is 0 Å². The molecule has 3 rings (SSSR count). The largest absolute Gasteiger partial charge is 0.465 e. The first-order valence-electron chi connectivity index (χ1n) is 5.43. The van der Waals surface area contributed by atoms with E-state index in [9.17, 15) is 9.59 Å². The van der Waals surface area contributed by atoms with Gasteiger partial charge in [-0.1, -0.05) is 0 Å². The van der Waals surface area contributed by atoms with Crippen LogP contribution in [0.15, 0.2) is 45.2 Å². The predicted molar refractivity (Wildman–Crippen MR) is 62.5 cm³/mol. The molecule has 2 aliphatic rings. The number of ether oxygens (including phenoxy) is 1. The first-order valence-corrected chi connectivity index (χ1v) is 5.43. The van der Waals surface area contributed by atoms with Crippen molar-refractivity contribution in [2.24, 2.45) is 10.9 Å². The number of furan rings is 1. The average molecular weight is 243 g/mol. The van der Waals surface area contributed by atoms with Gasteiger partial charge in [0.05, 0.1) is 6.26 Å². The van der Waals surface area contributed by atoms with Gasteiger partial charge in [-0.2, -0.15) is 0 Å². The van der Waals surface area contributed by atoms with Crippen LogP contribution in [0.25, 0.3) is 6.08 Å². The Morgan fingerprint density at radius 3 is 2.94 bits per heavy atom. The molecule has 0 bridgehead atoms. The number of fused-ring (bicyclic) bond motifs is 1. The van der Waals surface area contributed by atoms with E-state index in [0.29, 0.717) is 22.8 Å². The minimum Gasteiger partial charge on any atom is -0.465 e. The molecule has 90 valence electrons. The first kappa shape index (κ1) is 10.7. The van der Waals surface area contributed by atoms with E-state index in [1.54, 1.807) is 31.2 Å². The molecule has 18 heavy (non-hydrogen) atoms. The zero-order valence-electron chi connectivity index (χ0n) is 9.54. The monoisotopic (exact) mass is 243 g/mol. The third-order valence-electron chi connectivity index (χ3n) is 2.76. The molecule has 1 fully saturated rings. The highest BCUT2D eigenvalue weighted by Gasteiger charge is 2.43. The van der Waals surface area contributed by atoms with Crippen molar-refractivity contribution in [2.75, 3.05) is 0 Å². The molecule has 5 nitrogen and oxygen atoms in total. The normalized spacial score (nSPS) is 24.7. The maximum absolute atomic E-state index is 11.7. The zero-order chi connectivity index (χ0) is 12.7. The van der Waals surface area contributed by atoms with E-state index in [1.165, 1.54) is 6.26 Å². The van der Waals surface area contributed by atoms with Gasteiger partial charge in [0.15, 0.2) is 5.92 Å². The summed E-state index contributed by atoms with van der Waals surface area (Å²) in [6.45, 7) is 1.70. The van der Waals surface area contributed by atoms with Crippen molar-refractivity contribution < 1.29 is 18.7 Å². The molecule has 0 N–H and O–H groups in total. The lowest BCUT2D eigenvalue weighted by molar-refractivity contribution is -0.142. The van der Waals surface area contributed by atoms with E-state index in [2.05, 4.69) is 4.99 Å². The number of dihydropyridines is 1. The number of aliphatic imine (C=N–C) groups is 1. The van der Waals surface area contributed by atoms with E-state index in [4.69, 9.17) is 9.15 Å². The maximum Gasteiger partial charge on any atom is 0.328 e. The van der Waals surface area contributed by atoms with Crippen molar-refractivity contribution in [1.82, 2.24) is 0 Å². The number of allylic oxidation sites excluding steroid dienone is 2. The number of amides is 1. The van der Waals surface area contributed by atoms with Gasteiger partial charge in [0, 0.05) is 17.4 Å². The van der Waals surface area contributed by atoms with Gasteiger partial charge in [0.1, 0.15) is 11.5 Å². The van der Waals surface area contributed by atoms with Crippen molar-refractivity contribution in [3.05, 3.63) is 41.6 Å². The van der Waals surface area contributed by atoms with Gasteiger partial charge < -0.3 is 9.15 Å². The smallest absolute Gasteiger partial charge is 0.328 e. The predicted octanol–water partition coefficient (Wildman–Crippen LogP) is 1.72. The second-order valence-corrected chi connectivity index (χ2v) is 4.07. The number of hydrogen-bond donors (Lipinski definition) is 0. The van der Waals surface area contributed by atoms with Crippen LogP contribution < -0.4 is 0 Å². The summed E-state index contributed by atoms with van der Waals surface area (Å²) in [6, 6.07) is 3.47. The Labute approximate surface area is 102 Å². The highest BCUT2D eigenvalue weighted by molar-refractivity contribution is 6.15. The standard InChI is InChI=1S/C13H9NO4/c1-7-5-9-10(6-8-3-2-4-17-8)18-13(16)11(9)12(15)14-7/h2-6,11H,1H3/b10-6-. The lowest BCUT2D eigenvalue weighted by atomic mass is 9.95. The Hall–Kier alpha value is -2.43. The van der Waals surface area contributed by atoms with Gasteiger partial charge in [0.25, 0.3) is 5.91 Å². The summed E-state index contributed by atoms with van der Waals surface area (Å²) in [4.78, 5) is 27.1. The molecule has 3 heterocycles. The Balaban J connectivity index is 2.06. The van der Waals surface area contributed by atoms with Crippen LogP contribution in [0.4, 0.5) is 0 Å². The van der Waals surface area contributed by atoms with Crippen LogP contribution in [0.1, 0.15) is 12.7 Å². The summed E-state index contributed by atoms with van der Waals surface area (Å²) in [6.07, 6.45) is 4.80. The zero-order valence-corrected chi connectivity index (χ0v) is 9.54. The molecule has 1 aromatic heterocycles. The van der Waals surface area contributed by atoms with E-state index >= 15 is 0 Å². The Morgan fingerprint density at radius 2 is 2.22 bits per heavy atom. The second kappa shape index (κ2) is 3.80. The van der Waals surface area contributed by atoms with Gasteiger partial charge in [0.2, 0.25) is 0 Å². The van der Waals surface area contributed by atoms with Crippen LogP contribution >= 0.6 is 0 Å². The molecular weight excluding hydrogens is 234 g/mol. The van der Waals surface area contributed by atoms with Crippen molar-refractivity contribution >= 4 is 23.7 Å². The maximum atomic E-state index is 11.7. The molecule has 1 saturated heterocycles. The SMILES string of the molecule is CC1=NC(=O)C2C(=O)O/C(=C\c3ccco3)C2=C1. The summed E-state index contributed by atoms with van der Waals surface area (Å²) < 4.78 is 10.3. The molecule has 0 spiro atoms. The quantitative estimate of drug-likeness (QED) is 0.556. The molecule has 0 aliphatic carbocycles. The summed E-state index contributed by atoms with van der Waals surface area (Å²) in [5.74, 6) is -1.07. The fraction of sp³-hybridized carbons (Fsp3) is 0.154. The van der Waals surface area contributed by atoms with E-state index < -0.39 is 17.8 Å². The second-order valence-electron chi connectivity index (χ2n) is 4.07. The van der Waals surface area contributed by atoms with Crippen LogP contribution in [-0.2, 0) is 14.3 Å². The fourth-order valence-electron chi connectivity index (χ4n) is 1.99. The number of cyclic esters (lactones) is 1. The minimum atomic E-state index is -0.921. The molecule has 0 saturated carbocycles. The molecular formula is C13H9NO4. The third-order valence-corrected chi connectivity index (χ3v) is 2.76. The van der Waals surface area contributed by atoms with Crippen molar-refractivity contribution in [1.29, 1.82) is 0 Å². The van der Waals surface area contributed by atoms with Crippen molar-refractivity contribution in [3.63, 3.8) is 0 Å². The Morgan fingerprint density at radius 1 is 1.39 bits per heavy atom. The lowest BCUT2D eigenvalue weighted by Crippen LogP contribution is -2.23. The highest BCUT2D eigenvalue weighted by Crippen LogP contribution is 2.35. The Kier molecular flexibility index (Phi) is 2.26. The number of hydrogen-bond acceptors (Lipinski definition) is 4. The average Bonchev–Trinajstić information content (AvgIpc) is 2.88. The summed E-state index contributed by atoms with van der Waals surface area (Å²) >= 11 is 0. The third kappa shape index (κ3) is 1.60. The van der Waals surface area contributed by atoms with Gasteiger partial charge >= 0.3 is 5.97 Å². The molecule has 1 aromatic rings. The van der Waals surface area contributed by atoms with Crippen LogP contribution in [-0.4, -0.2) is 17.6 Å². The molecule has 1 atom stereocenters. The minimum absolute atomic E-state index is 0.350. The van der Waals surface area contributed by atoms with E-state index in [-0.39, 0.29) is 0 Å². The van der Waals surface area contributed by atoms with Crippen molar-refractivity contribution in [3.8, 4) is 0 Å². The number of carbonyl (C=O) groups excluding carboxylic acids is 2. The fourth-order valence-corrected chi connectivity index (χ4v) is 1.99. The molecule has 0 aromatic carbocycles. The summed E-state index contributed by atoms with van der Waals surface area (Å²) in [5.41, 5.74) is 1.11. The highest BCUT2D eigenvalue weighted by atomic mass is 16.5.